The molecule has 0 bridgehead atoms. The van der Waals surface area contributed by atoms with Crippen LogP contribution in [0.4, 0.5) is 0 Å². The fourth-order valence-corrected chi connectivity index (χ4v) is 3.01. The molecule has 0 amide bonds. The number of likely N-dealkylation sites (N-methyl/N-ethyl adjacent to an activating group) is 1. The van der Waals surface area contributed by atoms with E-state index in [4.69, 9.17) is 28.6 Å². The molecule has 1 heterocycles. The van der Waals surface area contributed by atoms with Gasteiger partial charge in [-0.05, 0) is 31.5 Å². The van der Waals surface area contributed by atoms with Crippen molar-refractivity contribution in [3.05, 3.63) is 41.1 Å². The third-order valence-electron chi connectivity index (χ3n) is 3.79. The Balaban J connectivity index is 2.32. The first-order valence-electron chi connectivity index (χ1n) is 7.74. The van der Waals surface area contributed by atoms with Gasteiger partial charge in [-0.1, -0.05) is 36.0 Å². The Kier molecular flexibility index (Phi) is 6.68. The van der Waals surface area contributed by atoms with Crippen molar-refractivity contribution in [1.82, 2.24) is 9.80 Å². The molecular formula is C17H23ClN2OS. The van der Waals surface area contributed by atoms with Crippen molar-refractivity contribution < 1.29 is 4.74 Å². The largest absolute Gasteiger partial charge is 0.378 e. The summed E-state index contributed by atoms with van der Waals surface area (Å²) in [5.41, 5.74) is 2.19. The first-order valence-corrected chi connectivity index (χ1v) is 8.53. The molecule has 1 aromatic carbocycles. The van der Waals surface area contributed by atoms with Crippen LogP contribution in [0, 0.1) is 0 Å². The summed E-state index contributed by atoms with van der Waals surface area (Å²) in [5, 5.41) is 0.739. The van der Waals surface area contributed by atoms with Crippen LogP contribution < -0.4 is 0 Å². The topological polar surface area (TPSA) is 15.7 Å². The van der Waals surface area contributed by atoms with Gasteiger partial charge in [0.15, 0.2) is 0 Å². The van der Waals surface area contributed by atoms with Gasteiger partial charge in [0.2, 0.25) is 0 Å². The van der Waals surface area contributed by atoms with Gasteiger partial charge in [0.1, 0.15) is 4.99 Å². The van der Waals surface area contributed by atoms with Gasteiger partial charge in [0.25, 0.3) is 0 Å². The molecule has 0 atom stereocenters. The lowest BCUT2D eigenvalue weighted by atomic mass is 10.1. The van der Waals surface area contributed by atoms with Crippen LogP contribution in [0.5, 0.6) is 0 Å². The van der Waals surface area contributed by atoms with Gasteiger partial charge in [-0.3, -0.25) is 0 Å². The fourth-order valence-electron chi connectivity index (χ4n) is 2.45. The summed E-state index contributed by atoms with van der Waals surface area (Å²) in [6, 6.07) is 7.89. The van der Waals surface area contributed by atoms with Gasteiger partial charge >= 0.3 is 0 Å². The molecule has 2 rings (SSSR count). The molecule has 1 fully saturated rings. The normalized spacial score (nSPS) is 15.8. The Labute approximate surface area is 143 Å². The minimum absolute atomic E-state index is 0.739. The molecule has 1 aliphatic heterocycles. The van der Waals surface area contributed by atoms with Gasteiger partial charge in [-0.25, -0.2) is 0 Å². The van der Waals surface area contributed by atoms with Gasteiger partial charge < -0.3 is 14.5 Å². The van der Waals surface area contributed by atoms with Gasteiger partial charge in [0.05, 0.1) is 13.2 Å². The quantitative estimate of drug-likeness (QED) is 0.601. The Morgan fingerprint density at radius 3 is 2.36 bits per heavy atom. The highest BCUT2D eigenvalue weighted by Gasteiger charge is 2.16. The molecule has 1 aromatic rings. The number of nitrogens with zero attached hydrogens (tertiary/aromatic N) is 2. The molecule has 1 aliphatic rings. The van der Waals surface area contributed by atoms with Crippen LogP contribution in [-0.2, 0) is 4.74 Å². The Bertz CT molecular complexity index is 520. The van der Waals surface area contributed by atoms with E-state index in [2.05, 4.69) is 29.8 Å². The molecule has 0 unspecified atom stereocenters. The van der Waals surface area contributed by atoms with Crippen LogP contribution in [0.15, 0.2) is 30.5 Å². The molecule has 22 heavy (non-hydrogen) atoms. The van der Waals surface area contributed by atoms with Gasteiger partial charge in [0, 0.05) is 43.0 Å². The zero-order valence-electron chi connectivity index (χ0n) is 13.2. The van der Waals surface area contributed by atoms with Crippen molar-refractivity contribution >= 4 is 34.4 Å². The lowest BCUT2D eigenvalue weighted by molar-refractivity contribution is 0.0596. The zero-order valence-corrected chi connectivity index (χ0v) is 14.8. The average molecular weight is 339 g/mol. The molecule has 3 nitrogen and oxygen atoms in total. The SMILES string of the molecule is CCN(CC)C(=S)/C(=C/N1CCOCC1)c1ccc(Cl)cc1. The van der Waals surface area contributed by atoms with E-state index < -0.39 is 0 Å². The Morgan fingerprint density at radius 2 is 1.82 bits per heavy atom. The predicted molar refractivity (Wildman–Crippen MR) is 97.3 cm³/mol. The first kappa shape index (κ1) is 17.3. The average Bonchev–Trinajstić information content (AvgIpc) is 2.55. The number of hydrogen-bond acceptors (Lipinski definition) is 3. The molecule has 1 saturated heterocycles. The van der Waals surface area contributed by atoms with E-state index in [1.165, 1.54) is 0 Å². The Hall–Kier alpha value is -1.10. The molecule has 0 radical (unpaired) electrons. The van der Waals surface area contributed by atoms with E-state index in [0.717, 1.165) is 60.5 Å². The van der Waals surface area contributed by atoms with E-state index in [9.17, 15) is 0 Å². The molecule has 0 aliphatic carbocycles. The second-order valence-corrected chi connectivity index (χ2v) is 6.00. The highest BCUT2D eigenvalue weighted by molar-refractivity contribution is 7.81. The van der Waals surface area contributed by atoms with Gasteiger partial charge in [-0.2, -0.15) is 0 Å². The van der Waals surface area contributed by atoms with Crippen LogP contribution in [0.3, 0.4) is 0 Å². The maximum absolute atomic E-state index is 6.02. The van der Waals surface area contributed by atoms with Crippen molar-refractivity contribution in [2.75, 3.05) is 39.4 Å². The number of benzene rings is 1. The number of halogens is 1. The predicted octanol–water partition coefficient (Wildman–Crippen LogP) is 3.68. The van der Waals surface area contributed by atoms with Crippen molar-refractivity contribution in [2.45, 2.75) is 13.8 Å². The minimum atomic E-state index is 0.739. The highest BCUT2D eigenvalue weighted by atomic mass is 35.5. The smallest absolute Gasteiger partial charge is 0.111 e. The molecule has 0 aromatic heterocycles. The van der Waals surface area contributed by atoms with E-state index in [1.807, 2.05) is 24.3 Å². The van der Waals surface area contributed by atoms with E-state index in [0.29, 0.717) is 0 Å². The second kappa shape index (κ2) is 8.51. The molecule has 0 spiro atoms. The lowest BCUT2D eigenvalue weighted by Gasteiger charge is -2.29. The van der Waals surface area contributed by atoms with Crippen molar-refractivity contribution in [3.63, 3.8) is 0 Å². The molecule has 120 valence electrons. The van der Waals surface area contributed by atoms with E-state index in [1.54, 1.807) is 0 Å². The summed E-state index contributed by atoms with van der Waals surface area (Å²) in [6.45, 7) is 9.40. The Morgan fingerprint density at radius 1 is 1.23 bits per heavy atom. The summed E-state index contributed by atoms with van der Waals surface area (Å²) >= 11 is 11.8. The summed E-state index contributed by atoms with van der Waals surface area (Å²) < 4.78 is 5.42. The monoisotopic (exact) mass is 338 g/mol. The van der Waals surface area contributed by atoms with Crippen LogP contribution in [0.25, 0.3) is 5.57 Å². The third-order valence-corrected chi connectivity index (χ3v) is 4.52. The lowest BCUT2D eigenvalue weighted by Crippen LogP contribution is -2.34. The van der Waals surface area contributed by atoms with Gasteiger partial charge in [-0.15, -0.1) is 0 Å². The maximum atomic E-state index is 6.02. The summed E-state index contributed by atoms with van der Waals surface area (Å²) in [6.07, 6.45) is 2.17. The van der Waals surface area contributed by atoms with Crippen LogP contribution in [0.2, 0.25) is 5.02 Å². The van der Waals surface area contributed by atoms with Crippen molar-refractivity contribution in [2.24, 2.45) is 0 Å². The van der Waals surface area contributed by atoms with E-state index in [-0.39, 0.29) is 0 Å². The highest BCUT2D eigenvalue weighted by Crippen LogP contribution is 2.22. The summed E-state index contributed by atoms with van der Waals surface area (Å²) in [5.74, 6) is 0. The first-order chi connectivity index (χ1) is 10.7. The van der Waals surface area contributed by atoms with E-state index >= 15 is 0 Å². The zero-order chi connectivity index (χ0) is 15.9. The minimum Gasteiger partial charge on any atom is -0.378 e. The molecular weight excluding hydrogens is 316 g/mol. The van der Waals surface area contributed by atoms with Crippen molar-refractivity contribution in [1.29, 1.82) is 0 Å². The van der Waals surface area contributed by atoms with Crippen LogP contribution >= 0.6 is 23.8 Å². The van der Waals surface area contributed by atoms with Crippen molar-refractivity contribution in [3.8, 4) is 0 Å². The molecule has 0 saturated carbocycles. The third kappa shape index (κ3) is 4.45. The summed E-state index contributed by atoms with van der Waals surface area (Å²) in [7, 11) is 0. The van der Waals surface area contributed by atoms with Crippen LogP contribution in [-0.4, -0.2) is 54.2 Å². The number of thiocarbonyl (C=S) groups is 1. The molecule has 5 heteroatoms. The second-order valence-electron chi connectivity index (χ2n) is 5.18. The standard InChI is InChI=1S/C17H23ClN2OS/c1-3-20(4-2)17(22)16(13-19-9-11-21-12-10-19)14-5-7-15(18)8-6-14/h5-8,13H,3-4,9-12H2,1-2H3/b16-13+. The number of hydrogen-bond donors (Lipinski definition) is 0. The number of ether oxygens (including phenoxy) is 1. The number of rotatable bonds is 5. The van der Waals surface area contributed by atoms with Crippen LogP contribution in [0.1, 0.15) is 19.4 Å². The molecule has 0 N–H and O–H groups in total. The maximum Gasteiger partial charge on any atom is 0.111 e. The fraction of sp³-hybridized carbons (Fsp3) is 0.471. The number of morpholine rings is 1. The summed E-state index contributed by atoms with van der Waals surface area (Å²) in [4.78, 5) is 5.37.